The van der Waals surface area contributed by atoms with Gasteiger partial charge in [0.1, 0.15) is 0 Å². The molecule has 16 heavy (non-hydrogen) atoms. The maximum absolute atomic E-state index is 11.6. The third-order valence-electron chi connectivity index (χ3n) is 2.59. The van der Waals surface area contributed by atoms with Gasteiger partial charge in [0.25, 0.3) is 0 Å². The average molecular weight is 227 g/mol. The molecule has 1 aliphatic carbocycles. The minimum Gasteiger partial charge on any atom is -0.335 e. The van der Waals surface area contributed by atoms with Crippen molar-refractivity contribution in [2.75, 3.05) is 20.6 Å². The summed E-state index contributed by atoms with van der Waals surface area (Å²) in [5.74, 6) is 0.603. The number of urea groups is 1. The number of rotatable bonds is 6. The molecule has 1 atom stereocenters. The lowest BCUT2D eigenvalue weighted by Crippen LogP contribution is -2.47. The predicted molar refractivity (Wildman–Crippen MR) is 66.5 cm³/mol. The molecule has 0 aliphatic heterocycles. The second kappa shape index (κ2) is 6.09. The number of hydrogen-bond acceptors (Lipinski definition) is 2. The Balaban J connectivity index is 2.31. The Hall–Kier alpha value is -0.770. The van der Waals surface area contributed by atoms with Gasteiger partial charge in [-0.1, -0.05) is 13.8 Å². The number of carbonyl (C=O) groups excluding carboxylic acids is 1. The van der Waals surface area contributed by atoms with Crippen LogP contribution in [-0.2, 0) is 0 Å². The standard InChI is InChI=1S/C12H25N3O/c1-9(2)7-11(8-15(3)4)14-12(16)13-10-5-6-10/h9-11H,5-8H2,1-4H3,(H2,13,14,16). The van der Waals surface area contributed by atoms with E-state index in [9.17, 15) is 4.79 Å². The minimum absolute atomic E-state index is 0.00463. The Labute approximate surface area is 98.8 Å². The zero-order chi connectivity index (χ0) is 12.1. The fourth-order valence-electron chi connectivity index (χ4n) is 1.83. The van der Waals surface area contributed by atoms with E-state index in [0.29, 0.717) is 12.0 Å². The molecule has 1 saturated carbocycles. The Bertz CT molecular complexity index is 214. The van der Waals surface area contributed by atoms with Crippen LogP contribution in [0.5, 0.6) is 0 Å². The van der Waals surface area contributed by atoms with Gasteiger partial charge in [0, 0.05) is 18.6 Å². The normalized spacial score (nSPS) is 17.6. The summed E-state index contributed by atoms with van der Waals surface area (Å²) in [5.41, 5.74) is 0. The Kier molecular flexibility index (Phi) is 5.06. The van der Waals surface area contributed by atoms with Crippen molar-refractivity contribution in [3.8, 4) is 0 Å². The molecule has 1 rings (SSSR count). The monoisotopic (exact) mass is 227 g/mol. The van der Waals surface area contributed by atoms with Gasteiger partial charge in [-0.05, 0) is 39.3 Å². The third kappa shape index (κ3) is 5.95. The van der Waals surface area contributed by atoms with E-state index in [2.05, 4.69) is 29.4 Å². The lowest BCUT2D eigenvalue weighted by molar-refractivity contribution is 0.228. The first-order valence-corrected chi connectivity index (χ1v) is 6.19. The Morgan fingerprint density at radius 3 is 2.44 bits per heavy atom. The van der Waals surface area contributed by atoms with E-state index < -0.39 is 0 Å². The van der Waals surface area contributed by atoms with E-state index in [-0.39, 0.29) is 12.1 Å². The molecule has 0 bridgehead atoms. The second-order valence-corrected chi connectivity index (χ2v) is 5.48. The highest BCUT2D eigenvalue weighted by atomic mass is 16.2. The van der Waals surface area contributed by atoms with Crippen molar-refractivity contribution >= 4 is 6.03 Å². The molecule has 2 N–H and O–H groups in total. The van der Waals surface area contributed by atoms with Crippen LogP contribution in [0, 0.1) is 5.92 Å². The van der Waals surface area contributed by atoms with Crippen molar-refractivity contribution in [3.05, 3.63) is 0 Å². The van der Waals surface area contributed by atoms with Gasteiger partial charge in [-0.3, -0.25) is 0 Å². The number of nitrogens with zero attached hydrogens (tertiary/aromatic N) is 1. The van der Waals surface area contributed by atoms with E-state index >= 15 is 0 Å². The predicted octanol–water partition coefficient (Wildman–Crippen LogP) is 1.42. The smallest absolute Gasteiger partial charge is 0.315 e. The van der Waals surface area contributed by atoms with Crippen molar-refractivity contribution in [1.29, 1.82) is 0 Å². The molecule has 0 aromatic carbocycles. The zero-order valence-corrected chi connectivity index (χ0v) is 10.9. The number of nitrogens with one attached hydrogen (secondary N) is 2. The first kappa shape index (κ1) is 13.3. The lowest BCUT2D eigenvalue weighted by atomic mass is 10.0. The highest BCUT2D eigenvalue weighted by molar-refractivity contribution is 5.74. The van der Waals surface area contributed by atoms with E-state index in [4.69, 9.17) is 0 Å². The summed E-state index contributed by atoms with van der Waals surface area (Å²) in [6, 6.07) is 0.669. The second-order valence-electron chi connectivity index (χ2n) is 5.48. The maximum atomic E-state index is 11.6. The Morgan fingerprint density at radius 2 is 2.00 bits per heavy atom. The summed E-state index contributed by atoms with van der Waals surface area (Å²) in [5, 5.41) is 6.02. The van der Waals surface area contributed by atoms with Crippen LogP contribution < -0.4 is 10.6 Å². The van der Waals surface area contributed by atoms with Crippen molar-refractivity contribution in [3.63, 3.8) is 0 Å². The van der Waals surface area contributed by atoms with Gasteiger partial charge in [-0.25, -0.2) is 4.79 Å². The van der Waals surface area contributed by atoms with Crippen LogP contribution in [0.1, 0.15) is 33.1 Å². The van der Waals surface area contributed by atoms with Crippen molar-refractivity contribution in [2.24, 2.45) is 5.92 Å². The number of carbonyl (C=O) groups is 1. The van der Waals surface area contributed by atoms with Crippen LogP contribution in [0.25, 0.3) is 0 Å². The highest BCUT2D eigenvalue weighted by Crippen LogP contribution is 2.18. The van der Waals surface area contributed by atoms with Gasteiger partial charge in [0.2, 0.25) is 0 Å². The van der Waals surface area contributed by atoms with Crippen molar-refractivity contribution < 1.29 is 4.79 Å². The summed E-state index contributed by atoms with van der Waals surface area (Å²) < 4.78 is 0. The molecule has 4 heteroatoms. The quantitative estimate of drug-likeness (QED) is 0.721. The van der Waals surface area contributed by atoms with Gasteiger partial charge >= 0.3 is 6.03 Å². The zero-order valence-electron chi connectivity index (χ0n) is 10.9. The largest absolute Gasteiger partial charge is 0.335 e. The van der Waals surface area contributed by atoms with E-state index in [1.807, 2.05) is 14.1 Å². The fraction of sp³-hybridized carbons (Fsp3) is 0.917. The molecule has 0 aromatic rings. The number of amides is 2. The summed E-state index contributed by atoms with van der Waals surface area (Å²) in [6.07, 6.45) is 3.29. The van der Waals surface area contributed by atoms with E-state index in [0.717, 1.165) is 25.8 Å². The van der Waals surface area contributed by atoms with E-state index in [1.165, 1.54) is 0 Å². The average Bonchev–Trinajstić information content (AvgIpc) is 2.84. The molecular weight excluding hydrogens is 202 g/mol. The van der Waals surface area contributed by atoms with Gasteiger partial charge in [-0.15, -0.1) is 0 Å². The van der Waals surface area contributed by atoms with Crippen LogP contribution >= 0.6 is 0 Å². The first-order valence-electron chi connectivity index (χ1n) is 6.19. The van der Waals surface area contributed by atoms with Crippen LogP contribution in [0.2, 0.25) is 0 Å². The molecule has 1 fully saturated rings. The molecule has 0 saturated heterocycles. The first-order chi connectivity index (χ1) is 7.47. The molecule has 0 heterocycles. The number of hydrogen-bond donors (Lipinski definition) is 2. The van der Waals surface area contributed by atoms with Gasteiger partial charge in [-0.2, -0.15) is 0 Å². The fourth-order valence-corrected chi connectivity index (χ4v) is 1.83. The molecular formula is C12H25N3O. The van der Waals surface area contributed by atoms with Gasteiger partial charge in [0.05, 0.1) is 0 Å². The summed E-state index contributed by atoms with van der Waals surface area (Å²) in [6.45, 7) is 5.27. The summed E-state index contributed by atoms with van der Waals surface area (Å²) in [4.78, 5) is 13.7. The van der Waals surface area contributed by atoms with Crippen molar-refractivity contribution in [2.45, 2.75) is 45.2 Å². The molecule has 1 aliphatic rings. The molecule has 0 spiro atoms. The summed E-state index contributed by atoms with van der Waals surface area (Å²) >= 11 is 0. The van der Waals surface area contributed by atoms with Crippen LogP contribution in [0.4, 0.5) is 4.79 Å². The van der Waals surface area contributed by atoms with Crippen LogP contribution in [0.15, 0.2) is 0 Å². The SMILES string of the molecule is CC(C)CC(CN(C)C)NC(=O)NC1CC1. The molecule has 1 unspecified atom stereocenters. The minimum atomic E-state index is -0.00463. The third-order valence-corrected chi connectivity index (χ3v) is 2.59. The maximum Gasteiger partial charge on any atom is 0.315 e. The molecule has 2 amide bonds. The molecule has 0 aromatic heterocycles. The summed E-state index contributed by atoms with van der Waals surface area (Å²) in [7, 11) is 4.07. The molecule has 4 nitrogen and oxygen atoms in total. The Morgan fingerprint density at radius 1 is 1.38 bits per heavy atom. The van der Waals surface area contributed by atoms with Crippen LogP contribution in [0.3, 0.4) is 0 Å². The van der Waals surface area contributed by atoms with Gasteiger partial charge in [0.15, 0.2) is 0 Å². The molecule has 94 valence electrons. The van der Waals surface area contributed by atoms with Crippen molar-refractivity contribution in [1.82, 2.24) is 15.5 Å². The highest BCUT2D eigenvalue weighted by Gasteiger charge is 2.24. The lowest BCUT2D eigenvalue weighted by Gasteiger charge is -2.24. The topological polar surface area (TPSA) is 44.4 Å². The molecule has 0 radical (unpaired) electrons. The van der Waals surface area contributed by atoms with Crippen LogP contribution in [-0.4, -0.2) is 43.7 Å². The van der Waals surface area contributed by atoms with Gasteiger partial charge < -0.3 is 15.5 Å². The van der Waals surface area contributed by atoms with E-state index in [1.54, 1.807) is 0 Å². The number of likely N-dealkylation sites (N-methyl/N-ethyl adjacent to an activating group) is 1.